The molecule has 6 nitrogen and oxygen atoms in total. The molecule has 0 radical (unpaired) electrons. The highest BCUT2D eigenvalue weighted by Crippen LogP contribution is 2.21. The number of nitrogens with zero attached hydrogens (tertiary/aromatic N) is 3. The Morgan fingerprint density at radius 1 is 1.15 bits per heavy atom. The van der Waals surface area contributed by atoms with Gasteiger partial charge in [-0.2, -0.15) is 15.8 Å². The standard InChI is InChI=1S/C13H8FN5O/c1-8(20)18-12-4-10(2-3-11(12)14)19-13(7-17)9(5-15)6-16/h2-4,19H,1H3,(H,18,20). The SMILES string of the molecule is CC(=O)Nc1cc(NC(C#N)=C(C#N)C#N)ccc1F. The first kappa shape index (κ1) is 14.7. The number of benzene rings is 1. The second-order valence-corrected chi connectivity index (χ2v) is 3.59. The van der Waals surface area contributed by atoms with E-state index >= 15 is 0 Å². The molecule has 0 bridgehead atoms. The Morgan fingerprint density at radius 3 is 2.30 bits per heavy atom. The summed E-state index contributed by atoms with van der Waals surface area (Å²) < 4.78 is 13.4. The first-order chi connectivity index (χ1) is 9.51. The smallest absolute Gasteiger partial charge is 0.221 e. The van der Waals surface area contributed by atoms with E-state index < -0.39 is 17.3 Å². The second kappa shape index (κ2) is 6.53. The summed E-state index contributed by atoms with van der Waals surface area (Å²) in [6, 6.07) is 8.46. The lowest BCUT2D eigenvalue weighted by atomic mass is 10.2. The maximum Gasteiger partial charge on any atom is 0.221 e. The highest BCUT2D eigenvalue weighted by atomic mass is 19.1. The van der Waals surface area contributed by atoms with E-state index in [1.165, 1.54) is 19.1 Å². The van der Waals surface area contributed by atoms with Gasteiger partial charge in [-0.15, -0.1) is 0 Å². The summed E-state index contributed by atoms with van der Waals surface area (Å²) in [5, 5.41) is 31.0. The van der Waals surface area contributed by atoms with Gasteiger partial charge in [-0.25, -0.2) is 4.39 Å². The van der Waals surface area contributed by atoms with E-state index in [0.717, 1.165) is 6.07 Å². The van der Waals surface area contributed by atoms with E-state index in [1.54, 1.807) is 18.2 Å². The molecule has 0 heterocycles. The van der Waals surface area contributed by atoms with Crippen LogP contribution in [0.4, 0.5) is 15.8 Å². The predicted molar refractivity (Wildman–Crippen MR) is 68.2 cm³/mol. The Bertz CT molecular complexity index is 687. The molecule has 1 aromatic rings. The van der Waals surface area contributed by atoms with Crippen molar-refractivity contribution in [1.29, 1.82) is 15.8 Å². The van der Waals surface area contributed by atoms with Crippen molar-refractivity contribution in [2.75, 3.05) is 10.6 Å². The number of halogens is 1. The van der Waals surface area contributed by atoms with Crippen LogP contribution < -0.4 is 10.6 Å². The molecule has 0 spiro atoms. The van der Waals surface area contributed by atoms with Crippen LogP contribution in [0.25, 0.3) is 0 Å². The minimum atomic E-state index is -0.644. The van der Waals surface area contributed by atoms with Crippen molar-refractivity contribution in [2.45, 2.75) is 6.92 Å². The van der Waals surface area contributed by atoms with Crippen molar-refractivity contribution in [3.05, 3.63) is 35.3 Å². The summed E-state index contributed by atoms with van der Waals surface area (Å²) in [4.78, 5) is 10.9. The lowest BCUT2D eigenvalue weighted by Gasteiger charge is -2.08. The topological polar surface area (TPSA) is 112 Å². The molecular formula is C13H8FN5O. The van der Waals surface area contributed by atoms with Gasteiger partial charge in [0.1, 0.15) is 29.7 Å². The van der Waals surface area contributed by atoms with E-state index in [1.807, 2.05) is 0 Å². The molecular weight excluding hydrogens is 261 g/mol. The molecule has 98 valence electrons. The van der Waals surface area contributed by atoms with E-state index in [2.05, 4.69) is 10.6 Å². The number of nitrogens with one attached hydrogen (secondary N) is 2. The molecule has 0 aliphatic rings. The third-order valence-corrected chi connectivity index (χ3v) is 2.13. The van der Waals surface area contributed by atoms with E-state index in [4.69, 9.17) is 15.8 Å². The van der Waals surface area contributed by atoms with E-state index in [9.17, 15) is 9.18 Å². The van der Waals surface area contributed by atoms with Gasteiger partial charge in [0, 0.05) is 12.6 Å². The summed E-state index contributed by atoms with van der Waals surface area (Å²) in [5.74, 6) is -1.10. The van der Waals surface area contributed by atoms with Crippen LogP contribution in [0, 0.1) is 39.8 Å². The average molecular weight is 269 g/mol. The third kappa shape index (κ3) is 3.56. The summed E-state index contributed by atoms with van der Waals surface area (Å²) in [7, 11) is 0. The molecule has 0 saturated heterocycles. The van der Waals surface area contributed by atoms with Gasteiger partial charge in [-0.3, -0.25) is 4.79 Å². The molecule has 0 aromatic heterocycles. The number of rotatable bonds is 3. The van der Waals surface area contributed by atoms with Gasteiger partial charge in [0.15, 0.2) is 5.57 Å². The molecule has 1 aromatic carbocycles. The molecule has 0 unspecified atom stereocenters. The van der Waals surface area contributed by atoms with Crippen LogP contribution in [0.15, 0.2) is 29.5 Å². The van der Waals surface area contributed by atoms with Crippen LogP contribution in [0.3, 0.4) is 0 Å². The summed E-state index contributed by atoms with van der Waals surface area (Å²) in [5.41, 5.74) is -0.460. The Labute approximate surface area is 114 Å². The zero-order valence-corrected chi connectivity index (χ0v) is 10.4. The Balaban J connectivity index is 3.15. The zero-order chi connectivity index (χ0) is 15.1. The fourth-order valence-corrected chi connectivity index (χ4v) is 1.32. The number of hydrogen-bond acceptors (Lipinski definition) is 5. The lowest BCUT2D eigenvalue weighted by Crippen LogP contribution is -2.08. The van der Waals surface area contributed by atoms with Gasteiger partial charge in [-0.1, -0.05) is 0 Å². The minimum absolute atomic E-state index is 0.0738. The molecule has 0 atom stereocenters. The monoisotopic (exact) mass is 269 g/mol. The summed E-state index contributed by atoms with van der Waals surface area (Å²) in [6.45, 7) is 1.23. The maximum atomic E-state index is 13.4. The van der Waals surface area contributed by atoms with Crippen molar-refractivity contribution in [3.8, 4) is 18.2 Å². The predicted octanol–water partition coefficient (Wildman–Crippen LogP) is 2.02. The zero-order valence-electron chi connectivity index (χ0n) is 10.4. The van der Waals surface area contributed by atoms with Crippen molar-refractivity contribution in [2.24, 2.45) is 0 Å². The van der Waals surface area contributed by atoms with Crippen molar-refractivity contribution >= 4 is 17.3 Å². The van der Waals surface area contributed by atoms with E-state index in [-0.39, 0.29) is 17.1 Å². The molecule has 1 rings (SSSR count). The third-order valence-electron chi connectivity index (χ3n) is 2.13. The first-order valence-corrected chi connectivity index (χ1v) is 5.30. The highest BCUT2D eigenvalue weighted by Gasteiger charge is 2.09. The number of nitriles is 3. The van der Waals surface area contributed by atoms with Gasteiger partial charge in [0.25, 0.3) is 0 Å². The van der Waals surface area contributed by atoms with Crippen LogP contribution in [-0.4, -0.2) is 5.91 Å². The van der Waals surface area contributed by atoms with Crippen LogP contribution in [-0.2, 0) is 4.79 Å². The number of carbonyl (C=O) groups excluding carboxylic acids is 1. The minimum Gasteiger partial charge on any atom is -0.345 e. The molecule has 0 aliphatic carbocycles. The van der Waals surface area contributed by atoms with Crippen LogP contribution >= 0.6 is 0 Å². The fraction of sp³-hybridized carbons (Fsp3) is 0.0769. The Hall–Kier alpha value is -3.37. The van der Waals surface area contributed by atoms with Gasteiger partial charge in [0.2, 0.25) is 5.91 Å². The molecule has 7 heteroatoms. The van der Waals surface area contributed by atoms with Crippen molar-refractivity contribution in [3.63, 3.8) is 0 Å². The fourth-order valence-electron chi connectivity index (χ4n) is 1.32. The van der Waals surface area contributed by atoms with Crippen molar-refractivity contribution in [1.82, 2.24) is 0 Å². The number of carbonyl (C=O) groups is 1. The number of anilines is 2. The quantitative estimate of drug-likeness (QED) is 0.815. The number of hydrogen-bond donors (Lipinski definition) is 2. The molecule has 0 fully saturated rings. The van der Waals surface area contributed by atoms with E-state index in [0.29, 0.717) is 0 Å². The molecule has 20 heavy (non-hydrogen) atoms. The average Bonchev–Trinajstić information content (AvgIpc) is 2.41. The largest absolute Gasteiger partial charge is 0.345 e. The van der Waals surface area contributed by atoms with Crippen LogP contribution in [0.1, 0.15) is 6.92 Å². The molecule has 2 N–H and O–H groups in total. The Morgan fingerprint density at radius 2 is 1.80 bits per heavy atom. The number of amides is 1. The van der Waals surface area contributed by atoms with Gasteiger partial charge in [-0.05, 0) is 18.2 Å². The Kier molecular flexibility index (Phi) is 4.80. The van der Waals surface area contributed by atoms with Gasteiger partial charge < -0.3 is 10.6 Å². The maximum absolute atomic E-state index is 13.4. The first-order valence-electron chi connectivity index (χ1n) is 5.30. The molecule has 0 aliphatic heterocycles. The highest BCUT2D eigenvalue weighted by molar-refractivity contribution is 5.89. The molecule has 0 saturated carbocycles. The lowest BCUT2D eigenvalue weighted by molar-refractivity contribution is -0.114. The van der Waals surface area contributed by atoms with Crippen molar-refractivity contribution < 1.29 is 9.18 Å². The van der Waals surface area contributed by atoms with Gasteiger partial charge in [0.05, 0.1) is 5.69 Å². The van der Waals surface area contributed by atoms with Crippen LogP contribution in [0.2, 0.25) is 0 Å². The second-order valence-electron chi connectivity index (χ2n) is 3.59. The molecule has 1 amide bonds. The van der Waals surface area contributed by atoms with Crippen LogP contribution in [0.5, 0.6) is 0 Å². The number of allylic oxidation sites excluding steroid dienone is 2. The normalized spacial score (nSPS) is 8.55. The van der Waals surface area contributed by atoms with Gasteiger partial charge >= 0.3 is 0 Å². The summed E-state index contributed by atoms with van der Waals surface area (Å²) in [6.07, 6.45) is 0. The summed E-state index contributed by atoms with van der Waals surface area (Å²) >= 11 is 0.